The van der Waals surface area contributed by atoms with Gasteiger partial charge in [0.2, 0.25) is 0 Å². The Kier molecular flexibility index (Phi) is 5.69. The van der Waals surface area contributed by atoms with Gasteiger partial charge < -0.3 is 15.5 Å². The number of aliphatic hydroxyl groups is 1. The Labute approximate surface area is 130 Å². The van der Waals surface area contributed by atoms with Crippen molar-refractivity contribution in [1.29, 1.82) is 0 Å². The SMILES string of the molecule is CC(NCCC(O)c1ccc(O)cc1)C(=O)c1ccccc1. The average molecular weight is 299 g/mol. The largest absolute Gasteiger partial charge is 0.508 e. The second-order valence-electron chi connectivity index (χ2n) is 5.30. The molecule has 0 aromatic heterocycles. The summed E-state index contributed by atoms with van der Waals surface area (Å²) in [6, 6.07) is 15.3. The zero-order chi connectivity index (χ0) is 15.9. The predicted molar refractivity (Wildman–Crippen MR) is 85.9 cm³/mol. The number of rotatable bonds is 7. The van der Waals surface area contributed by atoms with Crippen LogP contribution in [0.3, 0.4) is 0 Å². The van der Waals surface area contributed by atoms with Gasteiger partial charge in [-0.2, -0.15) is 0 Å². The van der Waals surface area contributed by atoms with E-state index in [9.17, 15) is 15.0 Å². The maximum absolute atomic E-state index is 12.2. The molecule has 4 nitrogen and oxygen atoms in total. The van der Waals surface area contributed by atoms with Gasteiger partial charge in [0.15, 0.2) is 5.78 Å². The van der Waals surface area contributed by atoms with E-state index in [1.807, 2.05) is 25.1 Å². The van der Waals surface area contributed by atoms with Crippen molar-refractivity contribution >= 4 is 5.78 Å². The highest BCUT2D eigenvalue weighted by molar-refractivity contribution is 5.99. The summed E-state index contributed by atoms with van der Waals surface area (Å²) in [5, 5.41) is 22.4. The van der Waals surface area contributed by atoms with Gasteiger partial charge in [0.1, 0.15) is 5.75 Å². The van der Waals surface area contributed by atoms with Crippen LogP contribution in [0.15, 0.2) is 54.6 Å². The first-order chi connectivity index (χ1) is 10.6. The van der Waals surface area contributed by atoms with E-state index < -0.39 is 6.10 Å². The molecule has 0 bridgehead atoms. The number of benzene rings is 2. The summed E-state index contributed by atoms with van der Waals surface area (Å²) < 4.78 is 0. The summed E-state index contributed by atoms with van der Waals surface area (Å²) >= 11 is 0. The van der Waals surface area contributed by atoms with Crippen LogP contribution < -0.4 is 5.32 Å². The van der Waals surface area contributed by atoms with E-state index in [4.69, 9.17) is 0 Å². The van der Waals surface area contributed by atoms with Crippen LogP contribution in [-0.4, -0.2) is 28.6 Å². The van der Waals surface area contributed by atoms with E-state index in [1.54, 1.807) is 36.4 Å². The lowest BCUT2D eigenvalue weighted by Crippen LogP contribution is -2.35. The molecule has 0 radical (unpaired) electrons. The van der Waals surface area contributed by atoms with Crippen molar-refractivity contribution in [3.63, 3.8) is 0 Å². The average Bonchev–Trinajstić information content (AvgIpc) is 2.55. The summed E-state index contributed by atoms with van der Waals surface area (Å²) in [7, 11) is 0. The van der Waals surface area contributed by atoms with Crippen LogP contribution in [0.1, 0.15) is 35.4 Å². The maximum atomic E-state index is 12.2. The summed E-state index contributed by atoms with van der Waals surface area (Å²) in [4.78, 5) is 12.2. The minimum atomic E-state index is -0.618. The van der Waals surface area contributed by atoms with Gasteiger partial charge in [0.25, 0.3) is 0 Å². The molecule has 2 aromatic rings. The van der Waals surface area contributed by atoms with Crippen molar-refractivity contribution in [3.8, 4) is 5.75 Å². The Hall–Kier alpha value is -2.17. The fraction of sp³-hybridized carbons (Fsp3) is 0.278. The zero-order valence-corrected chi connectivity index (χ0v) is 12.6. The van der Waals surface area contributed by atoms with Gasteiger partial charge in [0.05, 0.1) is 12.1 Å². The minimum absolute atomic E-state index is 0.0414. The van der Waals surface area contributed by atoms with Crippen molar-refractivity contribution in [2.75, 3.05) is 6.54 Å². The van der Waals surface area contributed by atoms with Gasteiger partial charge in [-0.25, -0.2) is 0 Å². The molecule has 2 atom stereocenters. The van der Waals surface area contributed by atoms with Crippen molar-refractivity contribution in [3.05, 3.63) is 65.7 Å². The highest BCUT2D eigenvalue weighted by Crippen LogP contribution is 2.19. The lowest BCUT2D eigenvalue weighted by atomic mass is 10.0. The Balaban J connectivity index is 1.80. The van der Waals surface area contributed by atoms with Gasteiger partial charge in [-0.3, -0.25) is 4.79 Å². The third kappa shape index (κ3) is 4.41. The second-order valence-corrected chi connectivity index (χ2v) is 5.30. The molecule has 0 aliphatic heterocycles. The minimum Gasteiger partial charge on any atom is -0.508 e. The number of hydrogen-bond donors (Lipinski definition) is 3. The lowest BCUT2D eigenvalue weighted by Gasteiger charge is -2.15. The van der Waals surface area contributed by atoms with E-state index in [1.165, 1.54) is 0 Å². The molecule has 0 aliphatic rings. The molecular weight excluding hydrogens is 278 g/mol. The Bertz CT molecular complexity index is 595. The number of aromatic hydroxyl groups is 1. The highest BCUT2D eigenvalue weighted by Gasteiger charge is 2.15. The van der Waals surface area contributed by atoms with Gasteiger partial charge in [-0.05, 0) is 37.6 Å². The van der Waals surface area contributed by atoms with Crippen molar-refractivity contribution in [2.45, 2.75) is 25.5 Å². The molecule has 0 spiro atoms. The van der Waals surface area contributed by atoms with Crippen LogP contribution in [-0.2, 0) is 0 Å². The molecule has 116 valence electrons. The van der Waals surface area contributed by atoms with Crippen molar-refractivity contribution in [1.82, 2.24) is 5.32 Å². The van der Waals surface area contributed by atoms with Gasteiger partial charge in [-0.1, -0.05) is 42.5 Å². The number of hydrogen-bond acceptors (Lipinski definition) is 4. The Morgan fingerprint density at radius 1 is 1.09 bits per heavy atom. The molecule has 3 N–H and O–H groups in total. The molecule has 2 rings (SSSR count). The Morgan fingerprint density at radius 2 is 1.73 bits per heavy atom. The predicted octanol–water partition coefficient (Wildman–Crippen LogP) is 2.68. The smallest absolute Gasteiger partial charge is 0.179 e. The third-order valence-electron chi connectivity index (χ3n) is 3.60. The fourth-order valence-corrected chi connectivity index (χ4v) is 2.24. The van der Waals surface area contributed by atoms with Crippen LogP contribution in [0.2, 0.25) is 0 Å². The standard InChI is InChI=1S/C18H21NO3/c1-13(18(22)15-5-3-2-4-6-15)19-12-11-17(21)14-7-9-16(20)10-8-14/h2-10,13,17,19-21H,11-12H2,1H3. The first-order valence-electron chi connectivity index (χ1n) is 7.37. The molecule has 0 amide bonds. The number of carbonyl (C=O) groups is 1. The quantitative estimate of drug-likeness (QED) is 0.688. The van der Waals surface area contributed by atoms with E-state index in [0.717, 1.165) is 5.56 Å². The summed E-state index contributed by atoms with van der Waals surface area (Å²) in [6.45, 7) is 2.35. The molecule has 0 saturated heterocycles. The van der Waals surface area contributed by atoms with Crippen LogP contribution in [0.25, 0.3) is 0 Å². The van der Waals surface area contributed by atoms with Gasteiger partial charge in [-0.15, -0.1) is 0 Å². The highest BCUT2D eigenvalue weighted by atomic mass is 16.3. The third-order valence-corrected chi connectivity index (χ3v) is 3.60. The van der Waals surface area contributed by atoms with E-state index in [0.29, 0.717) is 18.5 Å². The first kappa shape index (κ1) is 16.2. The number of carbonyl (C=O) groups excluding carboxylic acids is 1. The number of phenols is 1. The number of phenolic OH excluding ortho intramolecular Hbond substituents is 1. The number of aliphatic hydroxyl groups excluding tert-OH is 1. The van der Waals surface area contributed by atoms with E-state index in [2.05, 4.69) is 5.32 Å². The molecule has 0 saturated carbocycles. The fourth-order valence-electron chi connectivity index (χ4n) is 2.24. The van der Waals surface area contributed by atoms with Crippen molar-refractivity contribution < 1.29 is 15.0 Å². The Morgan fingerprint density at radius 3 is 2.36 bits per heavy atom. The van der Waals surface area contributed by atoms with Crippen molar-refractivity contribution in [2.24, 2.45) is 0 Å². The van der Waals surface area contributed by atoms with Gasteiger partial charge >= 0.3 is 0 Å². The summed E-state index contributed by atoms with van der Waals surface area (Å²) in [5.41, 5.74) is 1.43. The normalized spacial score (nSPS) is 13.5. The first-order valence-corrected chi connectivity index (χ1v) is 7.37. The van der Waals surface area contributed by atoms with Gasteiger partial charge in [0, 0.05) is 5.56 Å². The van der Waals surface area contributed by atoms with Crippen LogP contribution in [0, 0.1) is 0 Å². The van der Waals surface area contributed by atoms with E-state index in [-0.39, 0.29) is 17.6 Å². The number of nitrogens with one attached hydrogen (secondary N) is 1. The molecule has 0 heterocycles. The molecule has 0 fully saturated rings. The molecule has 0 aliphatic carbocycles. The van der Waals surface area contributed by atoms with Crippen LogP contribution >= 0.6 is 0 Å². The number of Topliss-reactive ketones (excluding diaryl/α,β-unsaturated/α-hetero) is 1. The second kappa shape index (κ2) is 7.73. The molecule has 22 heavy (non-hydrogen) atoms. The lowest BCUT2D eigenvalue weighted by molar-refractivity contribution is 0.0945. The number of ketones is 1. The topological polar surface area (TPSA) is 69.6 Å². The zero-order valence-electron chi connectivity index (χ0n) is 12.6. The monoisotopic (exact) mass is 299 g/mol. The van der Waals surface area contributed by atoms with Crippen LogP contribution in [0.5, 0.6) is 5.75 Å². The molecule has 2 unspecified atom stereocenters. The van der Waals surface area contributed by atoms with E-state index >= 15 is 0 Å². The molecular formula is C18H21NO3. The summed E-state index contributed by atoms with van der Waals surface area (Å²) in [5.74, 6) is 0.218. The molecule has 4 heteroatoms. The summed E-state index contributed by atoms with van der Waals surface area (Å²) in [6.07, 6.45) is -0.121. The van der Waals surface area contributed by atoms with Crippen LogP contribution in [0.4, 0.5) is 0 Å². The maximum Gasteiger partial charge on any atom is 0.179 e. The molecule has 2 aromatic carbocycles.